The molecule has 3 heteroatoms. The normalized spacial score (nSPS) is 14.8. The van der Waals surface area contributed by atoms with Crippen molar-refractivity contribution in [3.8, 4) is 0 Å². The largest absolute Gasteiger partial charge is 0.322 e. The van der Waals surface area contributed by atoms with Gasteiger partial charge in [0.15, 0.2) is 0 Å². The van der Waals surface area contributed by atoms with Crippen LogP contribution in [0, 0.1) is 6.92 Å². The molecule has 1 rings (SSSR count). The van der Waals surface area contributed by atoms with Crippen molar-refractivity contribution in [2.24, 2.45) is 5.73 Å². The van der Waals surface area contributed by atoms with Crippen LogP contribution in [-0.2, 0) is 0 Å². The maximum Gasteiger partial charge on any atom is 0.0487 e. The van der Waals surface area contributed by atoms with E-state index in [9.17, 15) is 0 Å². The highest BCUT2D eigenvalue weighted by Crippen LogP contribution is 2.31. The number of hydrogen-bond acceptors (Lipinski definition) is 3. The lowest BCUT2D eigenvalue weighted by atomic mass is 9.89. The van der Waals surface area contributed by atoms with Crippen molar-refractivity contribution in [1.29, 1.82) is 0 Å². The Morgan fingerprint density at radius 2 is 2.00 bits per heavy atom. The van der Waals surface area contributed by atoms with Crippen LogP contribution >= 0.6 is 11.3 Å². The number of nitrogens with zero attached hydrogens (tertiary/aromatic N) is 1. The zero-order chi connectivity index (χ0) is 10.9. The third-order valence-electron chi connectivity index (χ3n) is 3.15. The number of aryl methyl sites for hydroxylation is 1. The number of rotatable bonds is 3. The summed E-state index contributed by atoms with van der Waals surface area (Å²) in [5.74, 6) is 0. The Kier molecular flexibility index (Phi) is 3.35. The van der Waals surface area contributed by atoms with Gasteiger partial charge >= 0.3 is 0 Å². The molecule has 0 radical (unpaired) electrons. The van der Waals surface area contributed by atoms with E-state index in [-0.39, 0.29) is 11.6 Å². The average molecular weight is 212 g/mol. The van der Waals surface area contributed by atoms with Crippen LogP contribution in [0.25, 0.3) is 0 Å². The third kappa shape index (κ3) is 2.00. The van der Waals surface area contributed by atoms with Crippen molar-refractivity contribution in [3.63, 3.8) is 0 Å². The molecule has 2 nitrogen and oxygen atoms in total. The van der Waals surface area contributed by atoms with Gasteiger partial charge in [0.05, 0.1) is 0 Å². The molecule has 0 saturated carbocycles. The van der Waals surface area contributed by atoms with Crippen LogP contribution in [0.3, 0.4) is 0 Å². The van der Waals surface area contributed by atoms with Crippen molar-refractivity contribution in [1.82, 2.24) is 4.90 Å². The molecule has 0 aromatic carbocycles. The van der Waals surface area contributed by atoms with Gasteiger partial charge in [-0.25, -0.2) is 0 Å². The fourth-order valence-electron chi connectivity index (χ4n) is 1.38. The molecule has 0 bridgehead atoms. The standard InChI is InChI=1S/C11H20N2S/c1-8-9(6-7-14-8)10(12)11(2,3)13(4)5/h6-7,10H,12H2,1-5H3. The summed E-state index contributed by atoms with van der Waals surface area (Å²) in [5.41, 5.74) is 7.55. The number of hydrogen-bond donors (Lipinski definition) is 1. The minimum absolute atomic E-state index is 0.00810. The molecule has 2 N–H and O–H groups in total. The third-order valence-corrected chi connectivity index (χ3v) is 4.01. The lowest BCUT2D eigenvalue weighted by Crippen LogP contribution is -2.47. The topological polar surface area (TPSA) is 29.3 Å². The summed E-state index contributed by atoms with van der Waals surface area (Å²) in [6.07, 6.45) is 0. The maximum absolute atomic E-state index is 6.28. The number of nitrogens with two attached hydrogens (primary N) is 1. The molecule has 0 amide bonds. The molecular weight excluding hydrogens is 192 g/mol. The Labute approximate surface area is 90.7 Å². The summed E-state index contributed by atoms with van der Waals surface area (Å²) < 4.78 is 0. The zero-order valence-corrected chi connectivity index (χ0v) is 10.5. The van der Waals surface area contributed by atoms with Gasteiger partial charge in [-0.05, 0) is 51.9 Å². The highest BCUT2D eigenvalue weighted by Gasteiger charge is 2.30. The first-order valence-corrected chi connectivity index (χ1v) is 5.72. The van der Waals surface area contributed by atoms with Crippen molar-refractivity contribution >= 4 is 11.3 Å². The van der Waals surface area contributed by atoms with E-state index < -0.39 is 0 Å². The summed E-state index contributed by atoms with van der Waals surface area (Å²) in [6.45, 7) is 6.48. The number of likely N-dealkylation sites (N-methyl/N-ethyl adjacent to an activating group) is 1. The first kappa shape index (κ1) is 11.7. The molecule has 1 aromatic heterocycles. The predicted molar refractivity (Wildman–Crippen MR) is 63.8 cm³/mol. The van der Waals surface area contributed by atoms with Gasteiger partial charge in [-0.15, -0.1) is 11.3 Å². The highest BCUT2D eigenvalue weighted by molar-refractivity contribution is 7.10. The van der Waals surface area contributed by atoms with Crippen LogP contribution in [0.5, 0.6) is 0 Å². The lowest BCUT2D eigenvalue weighted by molar-refractivity contribution is 0.159. The monoisotopic (exact) mass is 212 g/mol. The van der Waals surface area contributed by atoms with E-state index in [1.165, 1.54) is 10.4 Å². The Morgan fingerprint density at radius 1 is 1.43 bits per heavy atom. The second kappa shape index (κ2) is 4.01. The van der Waals surface area contributed by atoms with E-state index in [1.54, 1.807) is 11.3 Å². The molecule has 1 aromatic rings. The quantitative estimate of drug-likeness (QED) is 0.833. The SMILES string of the molecule is Cc1sccc1C(N)C(C)(C)N(C)C. The number of thiophene rings is 1. The van der Waals surface area contributed by atoms with Crippen LogP contribution in [0.4, 0.5) is 0 Å². The predicted octanol–water partition coefficient (Wildman–Crippen LogP) is 2.40. The molecule has 14 heavy (non-hydrogen) atoms. The van der Waals surface area contributed by atoms with Gasteiger partial charge in [0.25, 0.3) is 0 Å². The Morgan fingerprint density at radius 3 is 2.36 bits per heavy atom. The Hall–Kier alpha value is -0.380. The van der Waals surface area contributed by atoms with Crippen LogP contribution < -0.4 is 5.73 Å². The van der Waals surface area contributed by atoms with Gasteiger partial charge in [-0.2, -0.15) is 0 Å². The van der Waals surface area contributed by atoms with Crippen LogP contribution in [0.15, 0.2) is 11.4 Å². The van der Waals surface area contributed by atoms with E-state index >= 15 is 0 Å². The Balaban J connectivity index is 2.96. The molecule has 1 heterocycles. The minimum atomic E-state index is -0.00810. The molecular formula is C11H20N2S. The molecule has 80 valence electrons. The first-order chi connectivity index (χ1) is 6.37. The molecule has 0 aliphatic heterocycles. The highest BCUT2D eigenvalue weighted by atomic mass is 32.1. The molecule has 0 spiro atoms. The molecule has 0 aliphatic carbocycles. The van der Waals surface area contributed by atoms with Crippen molar-refractivity contribution < 1.29 is 0 Å². The minimum Gasteiger partial charge on any atom is -0.322 e. The van der Waals surface area contributed by atoms with E-state index in [4.69, 9.17) is 5.73 Å². The lowest BCUT2D eigenvalue weighted by Gasteiger charge is -2.38. The van der Waals surface area contributed by atoms with E-state index in [2.05, 4.69) is 51.2 Å². The van der Waals surface area contributed by atoms with Crippen molar-refractivity contribution in [2.45, 2.75) is 32.4 Å². The molecule has 0 aliphatic rings. The van der Waals surface area contributed by atoms with E-state index in [0.29, 0.717) is 0 Å². The summed E-state index contributed by atoms with van der Waals surface area (Å²) in [7, 11) is 4.14. The second-order valence-corrected chi connectivity index (χ2v) is 5.58. The fourth-order valence-corrected chi connectivity index (χ4v) is 2.13. The van der Waals surface area contributed by atoms with Gasteiger partial charge < -0.3 is 10.6 Å². The van der Waals surface area contributed by atoms with Gasteiger partial charge in [-0.3, -0.25) is 0 Å². The van der Waals surface area contributed by atoms with Crippen LogP contribution in [-0.4, -0.2) is 24.5 Å². The van der Waals surface area contributed by atoms with E-state index in [1.807, 2.05) is 0 Å². The Bertz CT molecular complexity index is 302. The fraction of sp³-hybridized carbons (Fsp3) is 0.636. The smallest absolute Gasteiger partial charge is 0.0487 e. The summed E-state index contributed by atoms with van der Waals surface area (Å²) in [5, 5.41) is 2.11. The molecule has 1 atom stereocenters. The molecule has 0 saturated heterocycles. The van der Waals surface area contributed by atoms with Gasteiger partial charge in [0.1, 0.15) is 0 Å². The summed E-state index contributed by atoms with van der Waals surface area (Å²) >= 11 is 1.76. The second-order valence-electron chi connectivity index (χ2n) is 4.46. The van der Waals surface area contributed by atoms with Gasteiger partial charge in [-0.1, -0.05) is 0 Å². The summed E-state index contributed by atoms with van der Waals surface area (Å²) in [4.78, 5) is 3.50. The van der Waals surface area contributed by atoms with E-state index in [0.717, 1.165) is 0 Å². The van der Waals surface area contributed by atoms with Crippen molar-refractivity contribution in [3.05, 3.63) is 21.9 Å². The zero-order valence-electron chi connectivity index (χ0n) is 9.66. The van der Waals surface area contributed by atoms with Gasteiger partial charge in [0.2, 0.25) is 0 Å². The van der Waals surface area contributed by atoms with Crippen LogP contribution in [0.2, 0.25) is 0 Å². The summed E-state index contributed by atoms with van der Waals surface area (Å²) in [6, 6.07) is 2.21. The maximum atomic E-state index is 6.28. The first-order valence-electron chi connectivity index (χ1n) is 4.84. The average Bonchev–Trinajstić information content (AvgIpc) is 2.49. The van der Waals surface area contributed by atoms with Crippen molar-refractivity contribution in [2.75, 3.05) is 14.1 Å². The van der Waals surface area contributed by atoms with Crippen LogP contribution in [0.1, 0.15) is 30.3 Å². The molecule has 1 unspecified atom stereocenters. The molecule has 0 fully saturated rings. The van der Waals surface area contributed by atoms with Gasteiger partial charge in [0, 0.05) is 16.5 Å².